The van der Waals surface area contributed by atoms with Gasteiger partial charge in [0, 0.05) is 10.0 Å². The van der Waals surface area contributed by atoms with Crippen molar-refractivity contribution >= 4 is 15.9 Å². The second kappa shape index (κ2) is 3.76. The molecule has 2 N–H and O–H groups in total. The van der Waals surface area contributed by atoms with E-state index in [9.17, 15) is 4.39 Å². The summed E-state index contributed by atoms with van der Waals surface area (Å²) in [5.41, 5.74) is 6.58. The molecule has 72 valence electrons. The van der Waals surface area contributed by atoms with Gasteiger partial charge in [-0.3, -0.25) is 0 Å². The van der Waals surface area contributed by atoms with Crippen LogP contribution in [0.5, 0.6) is 0 Å². The molecule has 1 atom stereocenters. The van der Waals surface area contributed by atoms with Crippen molar-refractivity contribution in [2.45, 2.75) is 25.8 Å². The molecular formula is C10H13BrFN. The van der Waals surface area contributed by atoms with Crippen molar-refractivity contribution in [3.05, 3.63) is 34.1 Å². The molecule has 1 aromatic carbocycles. The van der Waals surface area contributed by atoms with Crippen molar-refractivity contribution in [3.63, 3.8) is 0 Å². The Hall–Kier alpha value is -0.410. The van der Waals surface area contributed by atoms with Gasteiger partial charge in [0.25, 0.3) is 0 Å². The van der Waals surface area contributed by atoms with Crippen LogP contribution in [0.4, 0.5) is 4.39 Å². The minimum absolute atomic E-state index is 0.248. The highest BCUT2D eigenvalue weighted by molar-refractivity contribution is 9.10. The average molecular weight is 246 g/mol. The molecule has 0 aromatic heterocycles. The Morgan fingerprint density at radius 1 is 1.54 bits per heavy atom. The van der Waals surface area contributed by atoms with E-state index in [-0.39, 0.29) is 5.82 Å². The van der Waals surface area contributed by atoms with E-state index in [1.165, 1.54) is 12.1 Å². The lowest BCUT2D eigenvalue weighted by molar-refractivity contribution is 0.473. The summed E-state index contributed by atoms with van der Waals surface area (Å²) >= 11 is 3.30. The molecule has 3 heteroatoms. The number of nitrogens with two attached hydrogens (primary N) is 1. The minimum Gasteiger partial charge on any atom is -0.322 e. The fourth-order valence-corrected chi connectivity index (χ4v) is 1.95. The SMILES string of the molecule is CC[C@@](C)(N)c1ccc(F)cc1Br. The second-order valence-corrected chi connectivity index (χ2v) is 4.25. The number of benzene rings is 1. The van der Waals surface area contributed by atoms with Crippen LogP contribution >= 0.6 is 15.9 Å². The minimum atomic E-state index is -0.396. The first-order valence-corrected chi connectivity index (χ1v) is 5.01. The zero-order valence-corrected chi connectivity index (χ0v) is 9.36. The molecule has 0 heterocycles. The van der Waals surface area contributed by atoms with Gasteiger partial charge in [-0.25, -0.2) is 4.39 Å². The fraction of sp³-hybridized carbons (Fsp3) is 0.400. The molecule has 0 aliphatic heterocycles. The molecule has 0 bridgehead atoms. The highest BCUT2D eigenvalue weighted by Gasteiger charge is 2.21. The largest absolute Gasteiger partial charge is 0.322 e. The first-order chi connectivity index (χ1) is 5.97. The fourth-order valence-electron chi connectivity index (χ4n) is 1.14. The van der Waals surface area contributed by atoms with Crippen molar-refractivity contribution in [1.29, 1.82) is 0 Å². The maximum absolute atomic E-state index is 12.8. The number of halogens is 2. The van der Waals surface area contributed by atoms with Gasteiger partial charge in [-0.1, -0.05) is 28.9 Å². The standard InChI is InChI=1S/C10H13BrFN/c1-3-10(2,13)8-5-4-7(12)6-9(8)11/h4-6H,3,13H2,1-2H3/t10-/m1/s1. The molecule has 0 saturated heterocycles. The summed E-state index contributed by atoms with van der Waals surface area (Å²) in [5.74, 6) is -0.248. The van der Waals surface area contributed by atoms with Gasteiger partial charge >= 0.3 is 0 Å². The van der Waals surface area contributed by atoms with Crippen LogP contribution in [0, 0.1) is 5.82 Å². The Morgan fingerprint density at radius 2 is 2.15 bits per heavy atom. The van der Waals surface area contributed by atoms with E-state index in [2.05, 4.69) is 15.9 Å². The molecule has 0 aliphatic rings. The number of rotatable bonds is 2. The van der Waals surface area contributed by atoms with Gasteiger partial charge in [-0.05, 0) is 31.0 Å². The highest BCUT2D eigenvalue weighted by Crippen LogP contribution is 2.29. The van der Waals surface area contributed by atoms with Crippen LogP contribution in [-0.2, 0) is 5.54 Å². The summed E-state index contributed by atoms with van der Waals surface area (Å²) in [6.07, 6.45) is 0.817. The number of hydrogen-bond donors (Lipinski definition) is 1. The van der Waals surface area contributed by atoms with E-state index < -0.39 is 5.54 Å². The molecule has 1 nitrogen and oxygen atoms in total. The topological polar surface area (TPSA) is 26.0 Å². The summed E-state index contributed by atoms with van der Waals surface area (Å²) in [6.45, 7) is 3.95. The van der Waals surface area contributed by atoms with E-state index in [0.29, 0.717) is 0 Å². The summed E-state index contributed by atoms with van der Waals surface area (Å²) < 4.78 is 13.5. The first-order valence-electron chi connectivity index (χ1n) is 4.22. The lowest BCUT2D eigenvalue weighted by Crippen LogP contribution is -2.32. The van der Waals surface area contributed by atoms with Crippen LogP contribution in [0.2, 0.25) is 0 Å². The van der Waals surface area contributed by atoms with Gasteiger partial charge < -0.3 is 5.73 Å². The lowest BCUT2D eigenvalue weighted by atomic mass is 9.91. The van der Waals surface area contributed by atoms with Crippen molar-refractivity contribution < 1.29 is 4.39 Å². The van der Waals surface area contributed by atoms with Gasteiger partial charge in [0.2, 0.25) is 0 Å². The monoisotopic (exact) mass is 245 g/mol. The van der Waals surface area contributed by atoms with Crippen LogP contribution in [-0.4, -0.2) is 0 Å². The summed E-state index contributed by atoms with van der Waals surface area (Å²) in [5, 5.41) is 0. The molecule has 0 saturated carbocycles. The molecule has 13 heavy (non-hydrogen) atoms. The zero-order valence-electron chi connectivity index (χ0n) is 7.77. The van der Waals surface area contributed by atoms with Crippen molar-refractivity contribution in [3.8, 4) is 0 Å². The third kappa shape index (κ3) is 2.29. The Bertz CT molecular complexity index is 310. The van der Waals surface area contributed by atoms with Crippen molar-refractivity contribution in [2.24, 2.45) is 5.73 Å². The third-order valence-electron chi connectivity index (χ3n) is 2.28. The predicted molar refractivity (Wildman–Crippen MR) is 55.9 cm³/mol. The Labute approximate surface area is 86.3 Å². The quantitative estimate of drug-likeness (QED) is 0.852. The normalized spacial score (nSPS) is 15.5. The van der Waals surface area contributed by atoms with Crippen LogP contribution < -0.4 is 5.73 Å². The van der Waals surface area contributed by atoms with Gasteiger partial charge in [0.1, 0.15) is 5.82 Å². The molecule has 0 unspecified atom stereocenters. The molecule has 0 amide bonds. The van der Waals surface area contributed by atoms with Crippen LogP contribution in [0.1, 0.15) is 25.8 Å². The maximum atomic E-state index is 12.8. The summed E-state index contributed by atoms with van der Waals surface area (Å²) in [7, 11) is 0. The second-order valence-electron chi connectivity index (χ2n) is 3.40. The van der Waals surface area contributed by atoms with E-state index in [1.54, 1.807) is 6.07 Å². The third-order valence-corrected chi connectivity index (χ3v) is 2.94. The highest BCUT2D eigenvalue weighted by atomic mass is 79.9. The summed E-state index contributed by atoms with van der Waals surface area (Å²) in [4.78, 5) is 0. The average Bonchev–Trinajstić information content (AvgIpc) is 2.03. The van der Waals surface area contributed by atoms with Crippen LogP contribution in [0.15, 0.2) is 22.7 Å². The molecule has 1 rings (SSSR count). The van der Waals surface area contributed by atoms with E-state index >= 15 is 0 Å². The van der Waals surface area contributed by atoms with Crippen LogP contribution in [0.3, 0.4) is 0 Å². The van der Waals surface area contributed by atoms with E-state index in [0.717, 1.165) is 16.5 Å². The molecule has 0 aliphatic carbocycles. The van der Waals surface area contributed by atoms with Gasteiger partial charge in [-0.15, -0.1) is 0 Å². The van der Waals surface area contributed by atoms with E-state index in [4.69, 9.17) is 5.73 Å². The molecular weight excluding hydrogens is 233 g/mol. The molecule has 0 radical (unpaired) electrons. The van der Waals surface area contributed by atoms with Crippen molar-refractivity contribution in [1.82, 2.24) is 0 Å². The zero-order chi connectivity index (χ0) is 10.1. The molecule has 1 aromatic rings. The van der Waals surface area contributed by atoms with Crippen molar-refractivity contribution in [2.75, 3.05) is 0 Å². The Morgan fingerprint density at radius 3 is 2.62 bits per heavy atom. The molecule has 0 spiro atoms. The predicted octanol–water partition coefficient (Wildman–Crippen LogP) is 3.17. The molecule has 0 fully saturated rings. The Kier molecular flexibility index (Phi) is 3.09. The Balaban J connectivity index is 3.16. The maximum Gasteiger partial charge on any atom is 0.124 e. The number of hydrogen-bond acceptors (Lipinski definition) is 1. The van der Waals surface area contributed by atoms with Gasteiger partial charge in [-0.2, -0.15) is 0 Å². The lowest BCUT2D eigenvalue weighted by Gasteiger charge is -2.24. The van der Waals surface area contributed by atoms with Crippen LogP contribution in [0.25, 0.3) is 0 Å². The van der Waals surface area contributed by atoms with Gasteiger partial charge in [0.15, 0.2) is 0 Å². The van der Waals surface area contributed by atoms with Gasteiger partial charge in [0.05, 0.1) is 0 Å². The first kappa shape index (κ1) is 10.7. The summed E-state index contributed by atoms with van der Waals surface area (Å²) in [6, 6.07) is 4.60. The smallest absolute Gasteiger partial charge is 0.124 e. The van der Waals surface area contributed by atoms with E-state index in [1.807, 2.05) is 13.8 Å².